The first kappa shape index (κ1) is 26.4. The fraction of sp³-hybridized carbons (Fsp3) is 0.120. The van der Waals surface area contributed by atoms with E-state index in [1.807, 2.05) is 0 Å². The molecule has 1 amide bonds. The topological polar surface area (TPSA) is 96.3 Å². The Morgan fingerprint density at radius 2 is 1.81 bits per heavy atom. The van der Waals surface area contributed by atoms with Crippen molar-refractivity contribution in [2.45, 2.75) is 23.9 Å². The molecule has 0 saturated heterocycles. The molecule has 1 N–H and O–H groups in total. The Labute approximate surface area is 204 Å². The number of carbonyl (C=O) groups is 1. The van der Waals surface area contributed by atoms with Gasteiger partial charge in [0.05, 0.1) is 16.5 Å². The van der Waals surface area contributed by atoms with Crippen molar-refractivity contribution in [2.75, 3.05) is 0 Å². The molecule has 0 aliphatic rings. The smallest absolute Gasteiger partial charge is 0.457 e. The molecule has 0 aromatic heterocycles. The quantitative estimate of drug-likeness (QED) is 0.333. The van der Waals surface area contributed by atoms with E-state index in [0.29, 0.717) is 6.07 Å². The molecule has 0 radical (unpaired) electrons. The van der Waals surface area contributed by atoms with Crippen molar-refractivity contribution in [3.63, 3.8) is 0 Å². The second-order valence-electron chi connectivity index (χ2n) is 7.48. The van der Waals surface area contributed by atoms with Gasteiger partial charge in [0.1, 0.15) is 17.3 Å². The summed E-state index contributed by atoms with van der Waals surface area (Å²) in [5.74, 6) is -1.69. The summed E-state index contributed by atoms with van der Waals surface area (Å²) >= 11 is 0. The first-order valence-electron chi connectivity index (χ1n) is 10.3. The molecule has 0 heterocycles. The number of hydrogen-bond acceptors (Lipinski definition) is 5. The molecule has 0 spiro atoms. The monoisotopic (exact) mass is 518 g/mol. The Balaban J connectivity index is 2.00. The summed E-state index contributed by atoms with van der Waals surface area (Å²) in [6.07, 6.45) is 1.84. The van der Waals surface area contributed by atoms with E-state index in [9.17, 15) is 30.8 Å². The zero-order valence-corrected chi connectivity index (χ0v) is 19.5. The van der Waals surface area contributed by atoms with E-state index in [0.717, 1.165) is 35.9 Å². The first-order chi connectivity index (χ1) is 16.9. The van der Waals surface area contributed by atoms with Crippen molar-refractivity contribution in [1.29, 1.82) is 5.26 Å². The van der Waals surface area contributed by atoms with Crippen molar-refractivity contribution in [2.24, 2.45) is 0 Å². The number of alkyl halides is 3. The SMILES string of the molecule is Cc1c(Oc2cc(F)cc(C#N)c2)ccc(S(=O)(=O)C(F)(F)F)c1C=CC(=O)NCc1ccccc1. The molecular weight excluding hydrogens is 500 g/mol. The maximum Gasteiger partial charge on any atom is 0.501 e. The number of hydrogen-bond donors (Lipinski definition) is 1. The number of nitrogens with one attached hydrogen (secondary N) is 1. The highest BCUT2D eigenvalue weighted by Gasteiger charge is 2.48. The zero-order valence-electron chi connectivity index (χ0n) is 18.6. The van der Waals surface area contributed by atoms with Crippen LogP contribution in [-0.2, 0) is 21.2 Å². The molecule has 3 aromatic carbocycles. The van der Waals surface area contributed by atoms with Crippen LogP contribution in [0.1, 0.15) is 22.3 Å². The summed E-state index contributed by atoms with van der Waals surface area (Å²) in [5.41, 5.74) is -5.37. The highest BCUT2D eigenvalue weighted by Crippen LogP contribution is 2.38. The van der Waals surface area contributed by atoms with E-state index >= 15 is 0 Å². The number of amides is 1. The molecule has 0 bridgehead atoms. The molecule has 0 aliphatic carbocycles. The summed E-state index contributed by atoms with van der Waals surface area (Å²) in [7, 11) is -5.78. The molecule has 3 aromatic rings. The van der Waals surface area contributed by atoms with Crippen LogP contribution in [0, 0.1) is 24.1 Å². The molecule has 0 aliphatic heterocycles. The molecule has 0 fully saturated rings. The molecule has 186 valence electrons. The summed E-state index contributed by atoms with van der Waals surface area (Å²) in [6.45, 7) is 1.43. The maximum absolute atomic E-state index is 13.8. The fourth-order valence-electron chi connectivity index (χ4n) is 3.18. The Morgan fingerprint density at radius 1 is 1.11 bits per heavy atom. The van der Waals surface area contributed by atoms with Gasteiger partial charge in [-0.15, -0.1) is 0 Å². The number of nitriles is 1. The Morgan fingerprint density at radius 3 is 2.44 bits per heavy atom. The average Bonchev–Trinajstić information content (AvgIpc) is 2.82. The predicted molar refractivity (Wildman–Crippen MR) is 123 cm³/mol. The Kier molecular flexibility index (Phi) is 7.80. The summed E-state index contributed by atoms with van der Waals surface area (Å²) in [4.78, 5) is 11.2. The minimum atomic E-state index is -5.78. The highest BCUT2D eigenvalue weighted by molar-refractivity contribution is 7.92. The van der Waals surface area contributed by atoms with Crippen LogP contribution in [0.3, 0.4) is 0 Å². The molecule has 0 atom stereocenters. The number of sulfone groups is 1. The third-order valence-corrected chi connectivity index (χ3v) is 6.50. The van der Waals surface area contributed by atoms with E-state index in [1.165, 1.54) is 13.0 Å². The number of ether oxygens (including phenoxy) is 1. The molecule has 0 unspecified atom stereocenters. The van der Waals surface area contributed by atoms with Gasteiger partial charge < -0.3 is 10.1 Å². The van der Waals surface area contributed by atoms with Gasteiger partial charge in [0.25, 0.3) is 9.84 Å². The van der Waals surface area contributed by atoms with Gasteiger partial charge in [0.2, 0.25) is 5.91 Å². The maximum atomic E-state index is 13.8. The molecule has 6 nitrogen and oxygen atoms in total. The number of halogens is 4. The molecule has 0 saturated carbocycles. The van der Waals surface area contributed by atoms with Crippen molar-refractivity contribution in [3.05, 3.63) is 94.8 Å². The molecule has 3 rings (SSSR count). The van der Waals surface area contributed by atoms with Crippen LogP contribution in [0.2, 0.25) is 0 Å². The van der Waals surface area contributed by atoms with E-state index in [2.05, 4.69) is 5.32 Å². The van der Waals surface area contributed by atoms with Gasteiger partial charge in [-0.05, 0) is 42.8 Å². The largest absolute Gasteiger partial charge is 0.501 e. The lowest BCUT2D eigenvalue weighted by molar-refractivity contribution is -0.116. The van der Waals surface area contributed by atoms with Crippen LogP contribution >= 0.6 is 0 Å². The molecule has 11 heteroatoms. The second-order valence-corrected chi connectivity index (χ2v) is 9.39. The van der Waals surface area contributed by atoms with Crippen LogP contribution in [0.15, 0.2) is 71.6 Å². The third-order valence-electron chi connectivity index (χ3n) is 4.96. The summed E-state index contributed by atoms with van der Waals surface area (Å²) in [6, 6.07) is 15.4. The number of carbonyl (C=O) groups excluding carboxylic acids is 1. The average molecular weight is 518 g/mol. The highest BCUT2D eigenvalue weighted by atomic mass is 32.2. The van der Waals surface area contributed by atoms with E-state index < -0.39 is 37.5 Å². The summed E-state index contributed by atoms with van der Waals surface area (Å²) < 4.78 is 83.6. The van der Waals surface area contributed by atoms with Crippen LogP contribution in [-0.4, -0.2) is 19.8 Å². The third kappa shape index (κ3) is 6.09. The van der Waals surface area contributed by atoms with Gasteiger partial charge in [0, 0.05) is 29.8 Å². The van der Waals surface area contributed by atoms with Crippen LogP contribution in [0.4, 0.5) is 17.6 Å². The standard InChI is InChI=1S/C25H18F4N2O4S/c1-16-21(7-10-24(32)31-15-17-5-3-2-4-6-17)23(36(33,34)25(27,28)29)9-8-22(16)35-20-12-18(14-30)11-19(26)13-20/h2-13H,15H2,1H3,(H,31,32). The van der Waals surface area contributed by atoms with Crippen molar-refractivity contribution >= 4 is 21.8 Å². The van der Waals surface area contributed by atoms with Crippen LogP contribution in [0.25, 0.3) is 6.08 Å². The predicted octanol–water partition coefficient (Wildman–Crippen LogP) is 5.42. The Hall–Kier alpha value is -4.17. The first-order valence-corrected chi connectivity index (χ1v) is 11.7. The lowest BCUT2D eigenvalue weighted by Gasteiger charge is -2.16. The molecular formula is C25H18F4N2O4S. The van der Waals surface area contributed by atoms with Gasteiger partial charge >= 0.3 is 5.51 Å². The van der Waals surface area contributed by atoms with Crippen LogP contribution < -0.4 is 10.1 Å². The number of rotatable bonds is 7. The van der Waals surface area contributed by atoms with Gasteiger partial charge in [0.15, 0.2) is 0 Å². The second kappa shape index (κ2) is 10.6. The van der Waals surface area contributed by atoms with E-state index in [-0.39, 0.29) is 29.2 Å². The Bertz CT molecular complexity index is 1460. The van der Waals surface area contributed by atoms with Crippen molar-refractivity contribution in [3.8, 4) is 17.6 Å². The lowest BCUT2D eigenvalue weighted by Crippen LogP contribution is -2.24. The zero-order chi connectivity index (χ0) is 26.5. The van der Waals surface area contributed by atoms with E-state index in [4.69, 9.17) is 10.00 Å². The van der Waals surface area contributed by atoms with Gasteiger partial charge in [-0.1, -0.05) is 30.3 Å². The van der Waals surface area contributed by atoms with Crippen LogP contribution in [0.5, 0.6) is 11.5 Å². The fourth-order valence-corrected chi connectivity index (χ4v) is 4.18. The minimum absolute atomic E-state index is 0.0600. The molecule has 36 heavy (non-hydrogen) atoms. The van der Waals surface area contributed by atoms with Crippen molar-refractivity contribution in [1.82, 2.24) is 5.32 Å². The van der Waals surface area contributed by atoms with Gasteiger partial charge in [-0.25, -0.2) is 12.8 Å². The lowest BCUT2D eigenvalue weighted by atomic mass is 10.1. The normalized spacial score (nSPS) is 11.8. The minimum Gasteiger partial charge on any atom is -0.457 e. The van der Waals surface area contributed by atoms with Gasteiger partial charge in [-0.3, -0.25) is 4.79 Å². The van der Waals surface area contributed by atoms with Crippen molar-refractivity contribution < 1.29 is 35.5 Å². The van der Waals surface area contributed by atoms with E-state index in [1.54, 1.807) is 36.4 Å². The number of benzene rings is 3. The number of nitrogens with zero attached hydrogens (tertiary/aromatic N) is 1. The summed E-state index contributed by atoms with van der Waals surface area (Å²) in [5, 5.41) is 11.5. The van der Waals surface area contributed by atoms with Gasteiger partial charge in [-0.2, -0.15) is 18.4 Å².